The van der Waals surface area contributed by atoms with Crippen LogP contribution in [-0.4, -0.2) is 23.6 Å². The summed E-state index contributed by atoms with van der Waals surface area (Å²) in [7, 11) is 0. The van der Waals surface area contributed by atoms with Crippen molar-refractivity contribution in [1.29, 1.82) is 0 Å². The van der Waals surface area contributed by atoms with E-state index >= 15 is 0 Å². The fourth-order valence-corrected chi connectivity index (χ4v) is 2.92. The van der Waals surface area contributed by atoms with Gasteiger partial charge in [0.1, 0.15) is 0 Å². The standard InChI is InChI=1S/C16H27NS/c1-4-16(13-15-9-7-6-8-10-15)17-14(3)11-12-18-5-2/h6-10,14,16-17H,4-5,11-13H2,1-3H3. The van der Waals surface area contributed by atoms with Gasteiger partial charge in [-0.1, -0.05) is 44.2 Å². The molecule has 0 radical (unpaired) electrons. The monoisotopic (exact) mass is 265 g/mol. The van der Waals surface area contributed by atoms with Gasteiger partial charge in [0.15, 0.2) is 0 Å². The van der Waals surface area contributed by atoms with Gasteiger partial charge in [0.25, 0.3) is 0 Å². The number of benzene rings is 1. The van der Waals surface area contributed by atoms with Crippen LogP contribution in [0.5, 0.6) is 0 Å². The van der Waals surface area contributed by atoms with Crippen molar-refractivity contribution >= 4 is 11.8 Å². The van der Waals surface area contributed by atoms with Gasteiger partial charge in [0.2, 0.25) is 0 Å². The Bertz CT molecular complexity index is 299. The molecule has 0 bridgehead atoms. The molecule has 18 heavy (non-hydrogen) atoms. The zero-order chi connectivity index (χ0) is 13.2. The third-order valence-corrected chi connectivity index (χ3v) is 4.17. The molecule has 1 rings (SSSR count). The lowest BCUT2D eigenvalue weighted by molar-refractivity contribution is 0.425. The van der Waals surface area contributed by atoms with Gasteiger partial charge in [0, 0.05) is 12.1 Å². The van der Waals surface area contributed by atoms with Crippen LogP contribution in [-0.2, 0) is 6.42 Å². The first-order valence-corrected chi connectivity index (χ1v) is 8.29. The molecule has 0 aromatic heterocycles. The molecule has 0 saturated heterocycles. The average molecular weight is 265 g/mol. The molecule has 0 saturated carbocycles. The van der Waals surface area contributed by atoms with Crippen molar-refractivity contribution in [2.24, 2.45) is 0 Å². The molecule has 0 spiro atoms. The molecule has 2 atom stereocenters. The van der Waals surface area contributed by atoms with Crippen molar-refractivity contribution in [3.63, 3.8) is 0 Å². The van der Waals surface area contributed by atoms with Crippen molar-refractivity contribution in [2.75, 3.05) is 11.5 Å². The van der Waals surface area contributed by atoms with Gasteiger partial charge in [-0.3, -0.25) is 0 Å². The smallest absolute Gasteiger partial charge is 0.0107 e. The Kier molecular flexibility index (Phi) is 8.19. The Labute approximate surface area is 117 Å². The maximum atomic E-state index is 3.76. The van der Waals surface area contributed by atoms with E-state index in [1.165, 1.54) is 29.9 Å². The number of rotatable bonds is 9. The van der Waals surface area contributed by atoms with E-state index in [-0.39, 0.29) is 0 Å². The summed E-state index contributed by atoms with van der Waals surface area (Å²) < 4.78 is 0. The fourth-order valence-electron chi connectivity index (χ4n) is 2.11. The molecule has 0 amide bonds. The molecule has 1 aromatic rings. The summed E-state index contributed by atoms with van der Waals surface area (Å²) in [5.41, 5.74) is 1.44. The van der Waals surface area contributed by atoms with Crippen LogP contribution < -0.4 is 5.32 Å². The van der Waals surface area contributed by atoms with Gasteiger partial charge in [-0.05, 0) is 43.3 Å². The van der Waals surface area contributed by atoms with E-state index in [9.17, 15) is 0 Å². The van der Waals surface area contributed by atoms with Crippen molar-refractivity contribution in [3.8, 4) is 0 Å². The maximum Gasteiger partial charge on any atom is 0.0107 e. The number of thioether (sulfide) groups is 1. The molecule has 1 nitrogen and oxygen atoms in total. The summed E-state index contributed by atoms with van der Waals surface area (Å²) in [6.07, 6.45) is 3.60. The van der Waals surface area contributed by atoms with Crippen LogP contribution in [0.1, 0.15) is 39.2 Å². The summed E-state index contributed by atoms with van der Waals surface area (Å²) in [5.74, 6) is 2.50. The van der Waals surface area contributed by atoms with Gasteiger partial charge in [-0.25, -0.2) is 0 Å². The minimum absolute atomic E-state index is 0.606. The summed E-state index contributed by atoms with van der Waals surface area (Å²) in [6, 6.07) is 12.0. The Hall–Kier alpha value is -0.470. The van der Waals surface area contributed by atoms with Crippen LogP contribution in [0.3, 0.4) is 0 Å². The second kappa shape index (κ2) is 9.46. The minimum atomic E-state index is 0.606. The molecule has 1 aromatic carbocycles. The Morgan fingerprint density at radius 1 is 1.17 bits per heavy atom. The van der Waals surface area contributed by atoms with Crippen molar-refractivity contribution in [2.45, 2.75) is 52.1 Å². The first-order chi connectivity index (χ1) is 8.76. The molecular weight excluding hydrogens is 238 g/mol. The lowest BCUT2D eigenvalue weighted by Crippen LogP contribution is -2.37. The van der Waals surface area contributed by atoms with Crippen LogP contribution in [0.4, 0.5) is 0 Å². The number of nitrogens with one attached hydrogen (secondary N) is 1. The van der Waals surface area contributed by atoms with Crippen molar-refractivity contribution in [3.05, 3.63) is 35.9 Å². The Balaban J connectivity index is 2.32. The van der Waals surface area contributed by atoms with E-state index in [0.29, 0.717) is 12.1 Å². The quantitative estimate of drug-likeness (QED) is 0.674. The predicted octanol–water partition coefficient (Wildman–Crippen LogP) is 4.13. The predicted molar refractivity (Wildman–Crippen MR) is 84.4 cm³/mol. The maximum absolute atomic E-state index is 3.76. The van der Waals surface area contributed by atoms with E-state index in [2.05, 4.69) is 56.4 Å². The molecule has 0 fully saturated rings. The van der Waals surface area contributed by atoms with Gasteiger partial charge in [-0.15, -0.1) is 0 Å². The van der Waals surface area contributed by atoms with E-state index in [1.807, 2.05) is 11.8 Å². The summed E-state index contributed by atoms with van der Waals surface area (Å²) in [6.45, 7) is 6.81. The minimum Gasteiger partial charge on any atom is -0.311 e. The average Bonchev–Trinajstić information content (AvgIpc) is 2.39. The summed E-state index contributed by atoms with van der Waals surface area (Å²) >= 11 is 2.04. The van der Waals surface area contributed by atoms with Gasteiger partial charge >= 0.3 is 0 Å². The highest BCUT2D eigenvalue weighted by atomic mass is 32.2. The number of hydrogen-bond donors (Lipinski definition) is 1. The molecule has 2 unspecified atom stereocenters. The van der Waals surface area contributed by atoms with Crippen LogP contribution >= 0.6 is 11.8 Å². The summed E-state index contributed by atoms with van der Waals surface area (Å²) in [4.78, 5) is 0. The first kappa shape index (κ1) is 15.6. The molecular formula is C16H27NS. The largest absolute Gasteiger partial charge is 0.311 e. The highest BCUT2D eigenvalue weighted by Gasteiger charge is 2.10. The molecule has 0 heterocycles. The second-order valence-corrected chi connectivity index (χ2v) is 6.24. The van der Waals surface area contributed by atoms with Gasteiger partial charge in [0.05, 0.1) is 0 Å². The Morgan fingerprint density at radius 2 is 1.89 bits per heavy atom. The summed E-state index contributed by atoms with van der Waals surface area (Å²) in [5, 5.41) is 3.76. The van der Waals surface area contributed by atoms with Crippen LogP contribution in [0.25, 0.3) is 0 Å². The third-order valence-electron chi connectivity index (χ3n) is 3.24. The van der Waals surface area contributed by atoms with Gasteiger partial charge in [-0.2, -0.15) is 11.8 Å². The number of hydrogen-bond acceptors (Lipinski definition) is 2. The van der Waals surface area contributed by atoms with Crippen molar-refractivity contribution in [1.82, 2.24) is 5.32 Å². The van der Waals surface area contributed by atoms with Crippen molar-refractivity contribution < 1.29 is 0 Å². The van der Waals surface area contributed by atoms with E-state index in [4.69, 9.17) is 0 Å². The SMILES string of the molecule is CCSCCC(C)NC(CC)Cc1ccccc1. The van der Waals surface area contributed by atoms with Crippen LogP contribution in [0.2, 0.25) is 0 Å². The zero-order valence-electron chi connectivity index (χ0n) is 12.0. The highest BCUT2D eigenvalue weighted by molar-refractivity contribution is 7.99. The molecule has 0 aliphatic heterocycles. The zero-order valence-corrected chi connectivity index (χ0v) is 12.8. The van der Waals surface area contributed by atoms with E-state index < -0.39 is 0 Å². The van der Waals surface area contributed by atoms with Crippen LogP contribution in [0.15, 0.2) is 30.3 Å². The molecule has 0 aliphatic rings. The van der Waals surface area contributed by atoms with E-state index in [1.54, 1.807) is 0 Å². The molecule has 0 aliphatic carbocycles. The lowest BCUT2D eigenvalue weighted by Gasteiger charge is -2.22. The fraction of sp³-hybridized carbons (Fsp3) is 0.625. The molecule has 2 heteroatoms. The van der Waals surface area contributed by atoms with E-state index in [0.717, 1.165) is 6.42 Å². The normalized spacial score (nSPS) is 14.4. The Morgan fingerprint density at radius 3 is 2.50 bits per heavy atom. The van der Waals surface area contributed by atoms with Crippen LogP contribution in [0, 0.1) is 0 Å². The topological polar surface area (TPSA) is 12.0 Å². The third kappa shape index (κ3) is 6.46. The molecule has 1 N–H and O–H groups in total. The highest BCUT2D eigenvalue weighted by Crippen LogP contribution is 2.09. The second-order valence-electron chi connectivity index (χ2n) is 4.85. The molecule has 102 valence electrons. The van der Waals surface area contributed by atoms with Gasteiger partial charge < -0.3 is 5.32 Å². The lowest BCUT2D eigenvalue weighted by atomic mass is 10.0. The first-order valence-electron chi connectivity index (χ1n) is 7.14.